The van der Waals surface area contributed by atoms with Gasteiger partial charge in [0.05, 0.1) is 17.4 Å². The summed E-state index contributed by atoms with van der Waals surface area (Å²) in [4.78, 5) is 6.65. The monoisotopic (exact) mass is 289 g/mol. The van der Waals surface area contributed by atoms with E-state index in [1.54, 1.807) is 0 Å². The number of pyridine rings is 1. The quantitative estimate of drug-likeness (QED) is 0.716. The second-order valence-corrected chi connectivity index (χ2v) is 5.88. The van der Waals surface area contributed by atoms with Crippen molar-refractivity contribution in [2.45, 2.75) is 6.42 Å². The molecule has 0 aliphatic carbocycles. The Bertz CT molecular complexity index is 830. The van der Waals surface area contributed by atoms with Crippen molar-refractivity contribution in [3.63, 3.8) is 0 Å². The van der Waals surface area contributed by atoms with Gasteiger partial charge in [-0.2, -0.15) is 0 Å². The molecule has 1 aliphatic heterocycles. The third kappa shape index (κ3) is 2.24. The van der Waals surface area contributed by atoms with Crippen LogP contribution < -0.4 is 0 Å². The maximum Gasteiger partial charge on any atom is 0.0645 e. The van der Waals surface area contributed by atoms with Gasteiger partial charge >= 0.3 is 0 Å². The van der Waals surface area contributed by atoms with Crippen LogP contribution in [0.15, 0.2) is 60.9 Å². The molecular formula is C19H19N3. The minimum absolute atomic E-state index is 1.02. The van der Waals surface area contributed by atoms with Gasteiger partial charge in [0.25, 0.3) is 0 Å². The molecule has 4 rings (SSSR count). The van der Waals surface area contributed by atoms with Crippen molar-refractivity contribution in [2.75, 3.05) is 20.1 Å². The smallest absolute Gasteiger partial charge is 0.0645 e. The summed E-state index contributed by atoms with van der Waals surface area (Å²) >= 11 is 0. The largest absolute Gasteiger partial charge is 0.308 e. The van der Waals surface area contributed by atoms with Crippen molar-refractivity contribution in [2.24, 2.45) is 0 Å². The highest BCUT2D eigenvalue weighted by Crippen LogP contribution is 2.31. The van der Waals surface area contributed by atoms with Crippen LogP contribution in [0.3, 0.4) is 0 Å². The Morgan fingerprint density at radius 2 is 2.00 bits per heavy atom. The lowest BCUT2D eigenvalue weighted by Crippen LogP contribution is -2.24. The van der Waals surface area contributed by atoms with Gasteiger partial charge in [0.15, 0.2) is 0 Å². The number of aromatic nitrogens is 2. The maximum absolute atomic E-state index is 4.30. The Hall–Kier alpha value is -2.39. The minimum Gasteiger partial charge on any atom is -0.308 e. The Morgan fingerprint density at radius 1 is 1.09 bits per heavy atom. The van der Waals surface area contributed by atoms with Gasteiger partial charge in [-0.05, 0) is 43.3 Å². The predicted octanol–water partition coefficient (Wildman–Crippen LogP) is 3.74. The van der Waals surface area contributed by atoms with Crippen molar-refractivity contribution in [3.8, 4) is 5.69 Å². The van der Waals surface area contributed by atoms with Gasteiger partial charge in [-0.1, -0.05) is 24.3 Å². The predicted molar refractivity (Wildman–Crippen MR) is 91.2 cm³/mol. The van der Waals surface area contributed by atoms with Crippen LogP contribution in [0.5, 0.6) is 0 Å². The van der Waals surface area contributed by atoms with E-state index in [0.717, 1.165) is 25.2 Å². The molecule has 0 spiro atoms. The second-order valence-electron chi connectivity index (χ2n) is 5.88. The number of hydrogen-bond acceptors (Lipinski definition) is 2. The average molecular weight is 289 g/mol. The molecule has 3 heterocycles. The molecule has 3 aromatic rings. The lowest BCUT2D eigenvalue weighted by atomic mass is 10.0. The highest BCUT2D eigenvalue weighted by atomic mass is 15.1. The summed E-state index contributed by atoms with van der Waals surface area (Å²) in [6.45, 7) is 2.13. The van der Waals surface area contributed by atoms with Crippen LogP contribution in [0.2, 0.25) is 0 Å². The third-order valence-electron chi connectivity index (χ3n) is 4.36. The zero-order valence-corrected chi connectivity index (χ0v) is 12.7. The molecule has 0 unspecified atom stereocenters. The zero-order chi connectivity index (χ0) is 14.9. The Labute approximate surface area is 130 Å². The number of para-hydroxylation sites is 1. The molecule has 0 amide bonds. The van der Waals surface area contributed by atoms with Crippen molar-refractivity contribution in [3.05, 3.63) is 66.6 Å². The summed E-state index contributed by atoms with van der Waals surface area (Å²) in [6.07, 6.45) is 7.20. The van der Waals surface area contributed by atoms with Crippen LogP contribution in [0.25, 0.3) is 22.2 Å². The van der Waals surface area contributed by atoms with E-state index < -0.39 is 0 Å². The van der Waals surface area contributed by atoms with Gasteiger partial charge < -0.3 is 9.47 Å². The fraction of sp³-hybridized carbons (Fsp3) is 0.211. The van der Waals surface area contributed by atoms with E-state index >= 15 is 0 Å². The standard InChI is InChI=1S/C19H19N3/c1-21-11-8-15(9-12-21)19-13-16-5-2-3-7-18(16)22(19)17-6-4-10-20-14-17/h2-8,10,13-14H,9,11-12H2,1H3. The number of fused-ring (bicyclic) bond motifs is 1. The summed E-state index contributed by atoms with van der Waals surface area (Å²) in [5.41, 5.74) is 5.09. The Balaban J connectivity index is 1.95. The molecule has 1 aliphatic rings. The van der Waals surface area contributed by atoms with Gasteiger partial charge in [0.2, 0.25) is 0 Å². The van der Waals surface area contributed by atoms with Gasteiger partial charge in [-0.15, -0.1) is 0 Å². The fourth-order valence-electron chi connectivity index (χ4n) is 3.16. The number of nitrogens with zero attached hydrogens (tertiary/aromatic N) is 3. The van der Waals surface area contributed by atoms with E-state index in [9.17, 15) is 0 Å². The third-order valence-corrected chi connectivity index (χ3v) is 4.36. The SMILES string of the molecule is CN1CC=C(c2cc3ccccc3n2-c2cccnc2)CC1. The first-order valence-corrected chi connectivity index (χ1v) is 7.72. The van der Waals surface area contributed by atoms with Crippen LogP contribution in [0.1, 0.15) is 12.1 Å². The number of benzene rings is 1. The number of likely N-dealkylation sites (N-methyl/N-ethyl adjacent to an activating group) is 1. The number of rotatable bonds is 2. The fourth-order valence-corrected chi connectivity index (χ4v) is 3.16. The van der Waals surface area contributed by atoms with E-state index in [4.69, 9.17) is 0 Å². The molecule has 0 bridgehead atoms. The highest BCUT2D eigenvalue weighted by molar-refractivity contribution is 5.88. The van der Waals surface area contributed by atoms with Crippen LogP contribution in [-0.4, -0.2) is 34.6 Å². The Morgan fingerprint density at radius 3 is 2.77 bits per heavy atom. The lowest BCUT2D eigenvalue weighted by Gasteiger charge is -2.23. The molecule has 0 radical (unpaired) electrons. The molecule has 0 fully saturated rings. The summed E-state index contributed by atoms with van der Waals surface area (Å²) in [7, 11) is 2.17. The molecule has 22 heavy (non-hydrogen) atoms. The molecule has 1 aromatic carbocycles. The Kier molecular flexibility index (Phi) is 3.28. The van der Waals surface area contributed by atoms with Crippen LogP contribution >= 0.6 is 0 Å². The average Bonchev–Trinajstić information content (AvgIpc) is 2.96. The van der Waals surface area contributed by atoms with Crippen LogP contribution in [0, 0.1) is 0 Å². The first-order valence-electron chi connectivity index (χ1n) is 7.72. The molecular weight excluding hydrogens is 270 g/mol. The van der Waals surface area contributed by atoms with Crippen LogP contribution in [-0.2, 0) is 0 Å². The topological polar surface area (TPSA) is 21.1 Å². The molecule has 110 valence electrons. The highest BCUT2D eigenvalue weighted by Gasteiger charge is 2.16. The maximum atomic E-state index is 4.30. The van der Waals surface area contributed by atoms with Crippen LogP contribution in [0.4, 0.5) is 0 Å². The lowest BCUT2D eigenvalue weighted by molar-refractivity contribution is 0.369. The van der Waals surface area contributed by atoms with Gasteiger partial charge in [-0.3, -0.25) is 4.98 Å². The van der Waals surface area contributed by atoms with E-state index in [2.05, 4.69) is 64.0 Å². The zero-order valence-electron chi connectivity index (χ0n) is 12.7. The van der Waals surface area contributed by atoms with Crippen molar-refractivity contribution >= 4 is 16.5 Å². The van der Waals surface area contributed by atoms with Crippen molar-refractivity contribution < 1.29 is 0 Å². The molecule has 3 nitrogen and oxygen atoms in total. The normalized spacial score (nSPS) is 16.0. The first-order chi connectivity index (χ1) is 10.8. The molecule has 0 saturated heterocycles. The van der Waals surface area contributed by atoms with E-state index in [-0.39, 0.29) is 0 Å². The molecule has 0 N–H and O–H groups in total. The first kappa shape index (κ1) is 13.3. The second kappa shape index (κ2) is 5.43. The van der Waals surface area contributed by atoms with Gasteiger partial charge in [0.1, 0.15) is 0 Å². The summed E-state index contributed by atoms with van der Waals surface area (Å²) in [5.74, 6) is 0. The summed E-state index contributed by atoms with van der Waals surface area (Å²) in [5, 5.41) is 1.28. The summed E-state index contributed by atoms with van der Waals surface area (Å²) < 4.78 is 2.33. The van der Waals surface area contributed by atoms with Gasteiger partial charge in [0, 0.05) is 30.4 Å². The van der Waals surface area contributed by atoms with Crippen molar-refractivity contribution in [1.29, 1.82) is 0 Å². The molecule has 2 aromatic heterocycles. The van der Waals surface area contributed by atoms with E-state index in [1.807, 2.05) is 18.5 Å². The van der Waals surface area contributed by atoms with Crippen molar-refractivity contribution in [1.82, 2.24) is 14.5 Å². The summed E-state index contributed by atoms with van der Waals surface area (Å²) in [6, 6.07) is 15.0. The van der Waals surface area contributed by atoms with E-state index in [0.29, 0.717) is 0 Å². The van der Waals surface area contributed by atoms with E-state index in [1.165, 1.54) is 22.2 Å². The van der Waals surface area contributed by atoms with Gasteiger partial charge in [-0.25, -0.2) is 0 Å². The molecule has 3 heteroatoms. The molecule has 0 saturated carbocycles. The minimum atomic E-state index is 1.02. The molecule has 0 atom stereocenters. The number of hydrogen-bond donors (Lipinski definition) is 0.